The molecular formula is C13H22O3. The molecule has 0 unspecified atom stereocenters. The fraction of sp³-hybridized carbons (Fsp3) is 0.615. The summed E-state index contributed by atoms with van der Waals surface area (Å²) in [4.78, 5) is 11.2. The van der Waals surface area contributed by atoms with E-state index in [0.29, 0.717) is 13.2 Å². The van der Waals surface area contributed by atoms with E-state index in [1.807, 2.05) is 39.8 Å². The van der Waals surface area contributed by atoms with E-state index in [4.69, 9.17) is 9.47 Å². The van der Waals surface area contributed by atoms with Crippen LogP contribution < -0.4 is 0 Å². The molecule has 0 radical (unpaired) electrons. The molecule has 0 heterocycles. The highest BCUT2D eigenvalue weighted by Gasteiger charge is 2.05. The van der Waals surface area contributed by atoms with Gasteiger partial charge in [-0.15, -0.1) is 0 Å². The van der Waals surface area contributed by atoms with Gasteiger partial charge < -0.3 is 9.47 Å². The highest BCUT2D eigenvalue weighted by atomic mass is 16.7. The van der Waals surface area contributed by atoms with Gasteiger partial charge in [0.1, 0.15) is 13.2 Å². The fourth-order valence-electron chi connectivity index (χ4n) is 1.12. The maximum absolute atomic E-state index is 11.2. The molecule has 0 bridgehead atoms. The second-order valence-corrected chi connectivity index (χ2v) is 3.43. The van der Waals surface area contributed by atoms with Gasteiger partial charge in [0.05, 0.1) is 0 Å². The summed E-state index contributed by atoms with van der Waals surface area (Å²) in [5.74, 6) is 0. The third-order valence-electron chi connectivity index (χ3n) is 2.48. The molecule has 0 fully saturated rings. The monoisotopic (exact) mass is 226 g/mol. The lowest BCUT2D eigenvalue weighted by Crippen LogP contribution is -2.11. The third-order valence-corrected chi connectivity index (χ3v) is 2.48. The molecule has 0 rings (SSSR count). The molecular weight excluding hydrogens is 204 g/mol. The minimum atomic E-state index is -0.597. The number of carbonyl (C=O) groups excluding carboxylic acids is 1. The number of hydrogen-bond acceptors (Lipinski definition) is 3. The van der Waals surface area contributed by atoms with Gasteiger partial charge in [0.2, 0.25) is 0 Å². The van der Waals surface area contributed by atoms with E-state index in [2.05, 4.69) is 0 Å². The van der Waals surface area contributed by atoms with Crippen LogP contribution in [-0.2, 0) is 9.47 Å². The Hall–Kier alpha value is -1.25. The predicted molar refractivity (Wildman–Crippen MR) is 65.4 cm³/mol. The van der Waals surface area contributed by atoms with Crippen molar-refractivity contribution in [1.29, 1.82) is 0 Å². The largest absolute Gasteiger partial charge is 0.508 e. The number of hydrogen-bond donors (Lipinski definition) is 0. The van der Waals surface area contributed by atoms with Crippen LogP contribution in [0.1, 0.15) is 40.5 Å². The van der Waals surface area contributed by atoms with E-state index < -0.39 is 6.16 Å². The summed E-state index contributed by atoms with van der Waals surface area (Å²) in [6, 6.07) is 0. The molecule has 92 valence electrons. The number of carbonyl (C=O) groups is 1. The van der Waals surface area contributed by atoms with Crippen molar-refractivity contribution in [3.05, 3.63) is 23.3 Å². The van der Waals surface area contributed by atoms with E-state index in [0.717, 1.165) is 24.0 Å². The molecule has 0 aromatic heterocycles. The standard InChI is InChI=1S/C13H22O3/c1-5-11(6-2)9-15-13(14)16-10-12(7-3)8-4/h5,7H,6,8-10H2,1-4H3/b11-5-,12-7+. The van der Waals surface area contributed by atoms with Crippen LogP contribution in [0.25, 0.3) is 0 Å². The van der Waals surface area contributed by atoms with Crippen LogP contribution in [0.2, 0.25) is 0 Å². The van der Waals surface area contributed by atoms with E-state index in [1.165, 1.54) is 0 Å². The van der Waals surface area contributed by atoms with Gasteiger partial charge in [-0.1, -0.05) is 26.0 Å². The van der Waals surface area contributed by atoms with Crippen LogP contribution in [0, 0.1) is 0 Å². The molecule has 0 aliphatic carbocycles. The molecule has 0 aliphatic rings. The lowest BCUT2D eigenvalue weighted by atomic mass is 10.2. The Bertz CT molecular complexity index is 238. The zero-order chi connectivity index (χ0) is 12.4. The molecule has 0 aromatic carbocycles. The van der Waals surface area contributed by atoms with E-state index in [9.17, 15) is 4.79 Å². The molecule has 0 aromatic rings. The van der Waals surface area contributed by atoms with Gasteiger partial charge >= 0.3 is 6.16 Å². The normalized spacial score (nSPS) is 12.5. The zero-order valence-corrected chi connectivity index (χ0v) is 10.7. The Labute approximate surface area is 98.1 Å². The average Bonchev–Trinajstić information content (AvgIpc) is 2.31. The van der Waals surface area contributed by atoms with Gasteiger partial charge in [0, 0.05) is 0 Å². The first-order valence-corrected chi connectivity index (χ1v) is 5.75. The number of ether oxygens (including phenoxy) is 2. The summed E-state index contributed by atoms with van der Waals surface area (Å²) in [5.41, 5.74) is 2.19. The van der Waals surface area contributed by atoms with Crippen molar-refractivity contribution >= 4 is 6.16 Å². The number of rotatable bonds is 6. The molecule has 16 heavy (non-hydrogen) atoms. The maximum Gasteiger partial charge on any atom is 0.508 e. The van der Waals surface area contributed by atoms with Crippen molar-refractivity contribution in [1.82, 2.24) is 0 Å². The average molecular weight is 226 g/mol. The van der Waals surface area contributed by atoms with Gasteiger partial charge in [-0.3, -0.25) is 0 Å². The smallest absolute Gasteiger partial charge is 0.430 e. The Kier molecular flexibility index (Phi) is 8.31. The summed E-state index contributed by atoms with van der Waals surface area (Å²) in [6.45, 7) is 8.56. The fourth-order valence-corrected chi connectivity index (χ4v) is 1.12. The van der Waals surface area contributed by atoms with Crippen molar-refractivity contribution in [2.24, 2.45) is 0 Å². The first kappa shape index (κ1) is 14.8. The van der Waals surface area contributed by atoms with Crippen LogP contribution in [-0.4, -0.2) is 19.4 Å². The predicted octanol–water partition coefficient (Wildman–Crippen LogP) is 3.85. The molecule has 0 atom stereocenters. The second kappa shape index (κ2) is 9.01. The van der Waals surface area contributed by atoms with Gasteiger partial charge in [0.25, 0.3) is 0 Å². The molecule has 0 amide bonds. The highest BCUT2D eigenvalue weighted by Crippen LogP contribution is 2.04. The second-order valence-electron chi connectivity index (χ2n) is 3.43. The quantitative estimate of drug-likeness (QED) is 0.509. The topological polar surface area (TPSA) is 35.5 Å². The highest BCUT2D eigenvalue weighted by molar-refractivity contribution is 5.60. The Morgan fingerprint density at radius 3 is 1.56 bits per heavy atom. The van der Waals surface area contributed by atoms with E-state index >= 15 is 0 Å². The van der Waals surface area contributed by atoms with Gasteiger partial charge in [0.15, 0.2) is 0 Å². The van der Waals surface area contributed by atoms with Crippen molar-refractivity contribution in [2.45, 2.75) is 40.5 Å². The summed E-state index contributed by atoms with van der Waals surface area (Å²) in [7, 11) is 0. The minimum absolute atomic E-state index is 0.323. The molecule has 0 saturated heterocycles. The first-order chi connectivity index (χ1) is 7.67. The Balaban J connectivity index is 3.83. The first-order valence-electron chi connectivity index (χ1n) is 5.75. The molecule has 0 aliphatic heterocycles. The minimum Gasteiger partial charge on any atom is -0.430 e. The van der Waals surface area contributed by atoms with E-state index in [-0.39, 0.29) is 0 Å². The van der Waals surface area contributed by atoms with Crippen molar-refractivity contribution in [2.75, 3.05) is 13.2 Å². The summed E-state index contributed by atoms with van der Waals surface area (Å²) >= 11 is 0. The lowest BCUT2D eigenvalue weighted by Gasteiger charge is -2.08. The summed E-state index contributed by atoms with van der Waals surface area (Å²) in [5, 5.41) is 0. The van der Waals surface area contributed by atoms with Crippen LogP contribution in [0.15, 0.2) is 23.3 Å². The molecule has 3 heteroatoms. The summed E-state index contributed by atoms with van der Waals surface area (Å²) < 4.78 is 9.94. The molecule has 0 spiro atoms. The van der Waals surface area contributed by atoms with Gasteiger partial charge in [-0.25, -0.2) is 4.79 Å². The Morgan fingerprint density at radius 1 is 0.938 bits per heavy atom. The van der Waals surface area contributed by atoms with Gasteiger partial charge in [-0.2, -0.15) is 0 Å². The van der Waals surface area contributed by atoms with Crippen molar-refractivity contribution in [3.63, 3.8) is 0 Å². The lowest BCUT2D eigenvalue weighted by molar-refractivity contribution is 0.0673. The van der Waals surface area contributed by atoms with Crippen LogP contribution in [0.3, 0.4) is 0 Å². The van der Waals surface area contributed by atoms with Crippen molar-refractivity contribution in [3.8, 4) is 0 Å². The Morgan fingerprint density at radius 2 is 1.31 bits per heavy atom. The van der Waals surface area contributed by atoms with E-state index in [1.54, 1.807) is 0 Å². The van der Waals surface area contributed by atoms with Gasteiger partial charge in [-0.05, 0) is 37.8 Å². The van der Waals surface area contributed by atoms with Crippen molar-refractivity contribution < 1.29 is 14.3 Å². The maximum atomic E-state index is 11.2. The van der Waals surface area contributed by atoms with Crippen LogP contribution in [0.4, 0.5) is 4.79 Å². The molecule has 0 N–H and O–H groups in total. The van der Waals surface area contributed by atoms with Crippen LogP contribution in [0.5, 0.6) is 0 Å². The third kappa shape index (κ3) is 6.27. The van der Waals surface area contributed by atoms with Crippen LogP contribution >= 0.6 is 0 Å². The SMILES string of the molecule is C/C=C(/CC)COC(=O)OC/C(=C/C)CC. The number of allylic oxidation sites excluding steroid dienone is 2. The molecule has 3 nitrogen and oxygen atoms in total. The zero-order valence-electron chi connectivity index (χ0n) is 10.7. The summed E-state index contributed by atoms with van der Waals surface area (Å²) in [6.07, 6.45) is 5.09. The molecule has 0 saturated carbocycles.